The third-order valence-electron chi connectivity index (χ3n) is 3.74. The minimum Gasteiger partial charge on any atom is -0.478 e. The molecule has 0 spiro atoms. The fraction of sp³-hybridized carbons (Fsp3) is 0.500. The highest BCUT2D eigenvalue weighted by atomic mass is 19.1. The first kappa shape index (κ1) is 13.6. The van der Waals surface area contributed by atoms with Gasteiger partial charge in [0, 0.05) is 13.1 Å². The van der Waals surface area contributed by atoms with Crippen molar-refractivity contribution in [2.45, 2.75) is 26.2 Å². The number of carboxylic acid groups (broad SMARTS) is 1. The van der Waals surface area contributed by atoms with Crippen molar-refractivity contribution in [3.05, 3.63) is 23.5 Å². The number of aromatic carboxylic acids is 1. The molecule has 0 aromatic heterocycles. The van der Waals surface area contributed by atoms with E-state index in [1.165, 1.54) is 12.1 Å². The smallest absolute Gasteiger partial charge is 0.340 e. The quantitative estimate of drug-likeness (QED) is 0.808. The van der Waals surface area contributed by atoms with E-state index in [1.807, 2.05) is 4.90 Å². The molecule has 4 nitrogen and oxygen atoms in total. The van der Waals surface area contributed by atoms with E-state index in [9.17, 15) is 14.3 Å². The summed E-state index contributed by atoms with van der Waals surface area (Å²) in [5.41, 5.74) is 5.71. The molecule has 1 heterocycles. The Balaban J connectivity index is 2.38. The first-order valence-electron chi connectivity index (χ1n) is 6.57. The molecular formula is C14H19FN2O2. The second-order valence-electron chi connectivity index (χ2n) is 5.18. The first-order chi connectivity index (χ1) is 9.00. The van der Waals surface area contributed by atoms with Gasteiger partial charge in [-0.1, -0.05) is 6.92 Å². The van der Waals surface area contributed by atoms with Gasteiger partial charge >= 0.3 is 5.97 Å². The number of benzene rings is 1. The van der Waals surface area contributed by atoms with Gasteiger partial charge in [0.1, 0.15) is 11.4 Å². The molecule has 1 aliphatic heterocycles. The van der Waals surface area contributed by atoms with Crippen LogP contribution in [0.25, 0.3) is 0 Å². The van der Waals surface area contributed by atoms with Crippen LogP contribution in [0.2, 0.25) is 0 Å². The summed E-state index contributed by atoms with van der Waals surface area (Å²) in [5.74, 6) is -1.22. The van der Waals surface area contributed by atoms with Gasteiger partial charge in [0.2, 0.25) is 0 Å². The van der Waals surface area contributed by atoms with Gasteiger partial charge < -0.3 is 15.7 Å². The molecule has 0 aliphatic carbocycles. The monoisotopic (exact) mass is 266 g/mol. The summed E-state index contributed by atoms with van der Waals surface area (Å²) in [6.45, 7) is 3.77. The van der Waals surface area contributed by atoms with Gasteiger partial charge in [-0.15, -0.1) is 0 Å². The average Bonchev–Trinajstić information content (AvgIpc) is 2.57. The third kappa shape index (κ3) is 2.80. The van der Waals surface area contributed by atoms with Crippen molar-refractivity contribution in [3.8, 4) is 0 Å². The number of rotatable bonds is 2. The van der Waals surface area contributed by atoms with Gasteiger partial charge in [0.15, 0.2) is 0 Å². The lowest BCUT2D eigenvalue weighted by Crippen LogP contribution is -2.27. The topological polar surface area (TPSA) is 66.6 Å². The van der Waals surface area contributed by atoms with Gasteiger partial charge in [0.25, 0.3) is 0 Å². The maximum Gasteiger partial charge on any atom is 0.340 e. The summed E-state index contributed by atoms with van der Waals surface area (Å²) in [7, 11) is 0. The highest BCUT2D eigenvalue weighted by Gasteiger charge is 2.23. The molecule has 3 N–H and O–H groups in total. The molecule has 1 unspecified atom stereocenters. The van der Waals surface area contributed by atoms with Gasteiger partial charge in [-0.05, 0) is 37.3 Å². The number of nitrogen functional groups attached to an aromatic ring is 1. The maximum atomic E-state index is 13.4. The molecule has 1 aromatic rings. The number of halogens is 1. The molecule has 1 atom stereocenters. The lowest BCUT2D eigenvalue weighted by molar-refractivity contribution is 0.0698. The molecule has 0 radical (unpaired) electrons. The molecule has 0 bridgehead atoms. The average molecular weight is 266 g/mol. The molecule has 1 fully saturated rings. The van der Waals surface area contributed by atoms with Gasteiger partial charge in [-0.25, -0.2) is 9.18 Å². The van der Waals surface area contributed by atoms with Crippen LogP contribution < -0.4 is 10.6 Å². The van der Waals surface area contributed by atoms with Crippen molar-refractivity contribution in [2.24, 2.45) is 5.92 Å². The van der Waals surface area contributed by atoms with Crippen LogP contribution in [0.1, 0.15) is 36.5 Å². The predicted octanol–water partition coefficient (Wildman–Crippen LogP) is 2.73. The lowest BCUT2D eigenvalue weighted by Gasteiger charge is -2.25. The molecule has 0 saturated carbocycles. The SMILES string of the molecule is CC1CCCN(c2ccc(F)c(N)c2C(=O)O)CC1. The van der Waals surface area contributed by atoms with E-state index in [1.54, 1.807) is 0 Å². The number of carbonyl (C=O) groups is 1. The zero-order valence-corrected chi connectivity index (χ0v) is 11.0. The number of anilines is 2. The van der Waals surface area contributed by atoms with E-state index in [4.69, 9.17) is 5.73 Å². The summed E-state index contributed by atoms with van der Waals surface area (Å²) < 4.78 is 13.4. The number of carboxylic acids is 1. The molecule has 1 aromatic carbocycles. The maximum absolute atomic E-state index is 13.4. The molecule has 0 amide bonds. The standard InChI is InChI=1S/C14H19FN2O2/c1-9-3-2-7-17(8-6-9)11-5-4-10(15)13(16)12(11)14(18)19/h4-5,9H,2-3,6-8,16H2,1H3,(H,18,19). The Morgan fingerprint density at radius 3 is 2.84 bits per heavy atom. The normalized spacial score (nSPS) is 20.1. The Labute approximate surface area is 112 Å². The van der Waals surface area contributed by atoms with Crippen molar-refractivity contribution in [2.75, 3.05) is 23.7 Å². The van der Waals surface area contributed by atoms with Crippen molar-refractivity contribution < 1.29 is 14.3 Å². The number of nitrogens with zero attached hydrogens (tertiary/aromatic N) is 1. The Bertz CT molecular complexity index is 491. The second-order valence-corrected chi connectivity index (χ2v) is 5.18. The van der Waals surface area contributed by atoms with Crippen molar-refractivity contribution in [3.63, 3.8) is 0 Å². The van der Waals surface area contributed by atoms with Crippen LogP contribution in [-0.4, -0.2) is 24.2 Å². The molecule has 1 saturated heterocycles. The minimum atomic E-state index is -1.18. The summed E-state index contributed by atoms with van der Waals surface area (Å²) in [6.07, 6.45) is 3.16. The summed E-state index contributed by atoms with van der Waals surface area (Å²) >= 11 is 0. The van der Waals surface area contributed by atoms with E-state index < -0.39 is 11.8 Å². The van der Waals surface area contributed by atoms with E-state index in [2.05, 4.69) is 6.92 Å². The lowest BCUT2D eigenvalue weighted by atomic mass is 10.0. The molecule has 19 heavy (non-hydrogen) atoms. The summed E-state index contributed by atoms with van der Waals surface area (Å²) in [5, 5.41) is 9.25. The van der Waals surface area contributed by atoms with Crippen LogP contribution in [0.4, 0.5) is 15.8 Å². The summed E-state index contributed by atoms with van der Waals surface area (Å²) in [6, 6.07) is 2.76. The van der Waals surface area contributed by atoms with E-state index in [0.717, 1.165) is 32.4 Å². The largest absolute Gasteiger partial charge is 0.478 e. The second kappa shape index (κ2) is 5.47. The Morgan fingerprint density at radius 2 is 2.16 bits per heavy atom. The van der Waals surface area contributed by atoms with E-state index >= 15 is 0 Å². The van der Waals surface area contributed by atoms with Crippen molar-refractivity contribution in [1.82, 2.24) is 0 Å². The number of hydrogen-bond acceptors (Lipinski definition) is 3. The summed E-state index contributed by atoms with van der Waals surface area (Å²) in [4.78, 5) is 13.3. The van der Waals surface area contributed by atoms with E-state index in [-0.39, 0.29) is 11.3 Å². The molecular weight excluding hydrogens is 247 g/mol. The highest BCUT2D eigenvalue weighted by molar-refractivity contribution is 6.00. The Morgan fingerprint density at radius 1 is 1.42 bits per heavy atom. The van der Waals surface area contributed by atoms with Crippen LogP contribution in [0, 0.1) is 11.7 Å². The zero-order valence-electron chi connectivity index (χ0n) is 11.0. The molecule has 5 heteroatoms. The van der Waals surface area contributed by atoms with Crippen LogP contribution >= 0.6 is 0 Å². The minimum absolute atomic E-state index is 0.116. The fourth-order valence-corrected chi connectivity index (χ4v) is 2.57. The third-order valence-corrected chi connectivity index (χ3v) is 3.74. The van der Waals surface area contributed by atoms with Crippen LogP contribution in [0.15, 0.2) is 12.1 Å². The van der Waals surface area contributed by atoms with Gasteiger partial charge in [0.05, 0.1) is 11.4 Å². The first-order valence-corrected chi connectivity index (χ1v) is 6.57. The molecule has 1 aliphatic rings. The predicted molar refractivity (Wildman–Crippen MR) is 73.0 cm³/mol. The van der Waals surface area contributed by atoms with Crippen LogP contribution in [0.3, 0.4) is 0 Å². The van der Waals surface area contributed by atoms with E-state index in [0.29, 0.717) is 11.6 Å². The van der Waals surface area contributed by atoms with Crippen LogP contribution in [0.5, 0.6) is 0 Å². The fourth-order valence-electron chi connectivity index (χ4n) is 2.57. The van der Waals surface area contributed by atoms with Gasteiger partial charge in [-0.2, -0.15) is 0 Å². The molecule has 104 valence electrons. The highest BCUT2D eigenvalue weighted by Crippen LogP contribution is 2.30. The van der Waals surface area contributed by atoms with Crippen LogP contribution in [-0.2, 0) is 0 Å². The van der Waals surface area contributed by atoms with Crippen molar-refractivity contribution >= 4 is 17.3 Å². The van der Waals surface area contributed by atoms with Crippen molar-refractivity contribution in [1.29, 1.82) is 0 Å². The number of nitrogens with two attached hydrogens (primary N) is 1. The van der Waals surface area contributed by atoms with Gasteiger partial charge in [-0.3, -0.25) is 0 Å². The Hall–Kier alpha value is -1.78. The zero-order chi connectivity index (χ0) is 14.0. The molecule has 2 rings (SSSR count). The number of hydrogen-bond donors (Lipinski definition) is 2. The Kier molecular flexibility index (Phi) is 3.93.